The van der Waals surface area contributed by atoms with Crippen molar-refractivity contribution in [2.75, 3.05) is 0 Å². The lowest BCUT2D eigenvalue weighted by molar-refractivity contribution is 0.258. The zero-order chi connectivity index (χ0) is 9.43. The first-order valence-corrected chi connectivity index (χ1v) is 6.62. The number of nitrogens with one attached hydrogen (secondary N) is 1. The molecular formula is C13H23N. The van der Waals surface area contributed by atoms with Crippen LogP contribution in [0.1, 0.15) is 64.2 Å². The van der Waals surface area contributed by atoms with E-state index in [1.165, 1.54) is 51.4 Å². The largest absolute Gasteiger partial charge is 0.311 e. The summed E-state index contributed by atoms with van der Waals surface area (Å²) in [6.45, 7) is 0. The molecule has 0 aromatic carbocycles. The third kappa shape index (κ3) is 1.84. The minimum Gasteiger partial charge on any atom is -0.311 e. The second-order valence-corrected chi connectivity index (χ2v) is 5.92. The zero-order valence-electron chi connectivity index (χ0n) is 9.23. The molecule has 3 saturated carbocycles. The van der Waals surface area contributed by atoms with Crippen molar-refractivity contribution in [3.8, 4) is 0 Å². The summed E-state index contributed by atoms with van der Waals surface area (Å²) >= 11 is 0. The van der Waals surface area contributed by atoms with Gasteiger partial charge in [0.1, 0.15) is 0 Å². The number of rotatable bonds is 2. The predicted octanol–water partition coefficient (Wildman–Crippen LogP) is 3.24. The molecule has 0 aliphatic heterocycles. The molecule has 0 saturated heterocycles. The molecule has 3 aliphatic rings. The van der Waals surface area contributed by atoms with Crippen molar-refractivity contribution >= 4 is 0 Å². The first-order valence-electron chi connectivity index (χ1n) is 6.62. The van der Waals surface area contributed by atoms with Crippen LogP contribution in [0.3, 0.4) is 0 Å². The van der Waals surface area contributed by atoms with Crippen LogP contribution in [0, 0.1) is 5.41 Å². The van der Waals surface area contributed by atoms with Gasteiger partial charge in [0.2, 0.25) is 0 Å². The van der Waals surface area contributed by atoms with Gasteiger partial charge < -0.3 is 5.32 Å². The van der Waals surface area contributed by atoms with E-state index in [4.69, 9.17) is 0 Å². The van der Waals surface area contributed by atoms with E-state index in [2.05, 4.69) is 5.32 Å². The first kappa shape index (κ1) is 9.21. The van der Waals surface area contributed by atoms with E-state index in [0.29, 0.717) is 0 Å². The quantitative estimate of drug-likeness (QED) is 0.710. The highest BCUT2D eigenvalue weighted by molar-refractivity contribution is 4.98. The van der Waals surface area contributed by atoms with Gasteiger partial charge in [0.15, 0.2) is 0 Å². The maximum atomic E-state index is 3.88. The van der Waals surface area contributed by atoms with Crippen LogP contribution in [0.5, 0.6) is 0 Å². The third-order valence-corrected chi connectivity index (χ3v) is 4.83. The van der Waals surface area contributed by atoms with Gasteiger partial charge in [0.05, 0.1) is 0 Å². The van der Waals surface area contributed by atoms with Gasteiger partial charge in [-0.15, -0.1) is 0 Å². The summed E-state index contributed by atoms with van der Waals surface area (Å²) in [4.78, 5) is 0. The summed E-state index contributed by atoms with van der Waals surface area (Å²) in [5.74, 6) is 0. The molecular weight excluding hydrogens is 170 g/mol. The lowest BCUT2D eigenvalue weighted by Crippen LogP contribution is -2.39. The van der Waals surface area contributed by atoms with Crippen molar-refractivity contribution in [3.63, 3.8) is 0 Å². The molecule has 0 heterocycles. The Bertz CT molecular complexity index is 191. The Hall–Kier alpha value is -0.0400. The zero-order valence-corrected chi connectivity index (χ0v) is 9.23. The van der Waals surface area contributed by atoms with Gasteiger partial charge in [0.25, 0.3) is 0 Å². The average molecular weight is 193 g/mol. The van der Waals surface area contributed by atoms with Crippen molar-refractivity contribution in [3.05, 3.63) is 0 Å². The predicted molar refractivity (Wildman–Crippen MR) is 59.3 cm³/mol. The van der Waals surface area contributed by atoms with Crippen LogP contribution >= 0.6 is 0 Å². The highest BCUT2D eigenvalue weighted by Crippen LogP contribution is 2.56. The van der Waals surface area contributed by atoms with E-state index in [1.807, 2.05) is 0 Å². The molecule has 0 atom stereocenters. The van der Waals surface area contributed by atoms with Crippen molar-refractivity contribution in [1.82, 2.24) is 5.32 Å². The van der Waals surface area contributed by atoms with Gasteiger partial charge in [0, 0.05) is 12.1 Å². The molecule has 3 aliphatic carbocycles. The van der Waals surface area contributed by atoms with Crippen LogP contribution in [0.15, 0.2) is 0 Å². The fourth-order valence-corrected chi connectivity index (χ4v) is 3.50. The molecule has 1 heteroatoms. The first-order chi connectivity index (χ1) is 6.86. The second-order valence-electron chi connectivity index (χ2n) is 5.92. The van der Waals surface area contributed by atoms with E-state index < -0.39 is 0 Å². The molecule has 1 nitrogen and oxygen atoms in total. The van der Waals surface area contributed by atoms with Gasteiger partial charge in [-0.05, 0) is 56.8 Å². The molecule has 3 fully saturated rings. The molecule has 80 valence electrons. The van der Waals surface area contributed by atoms with Gasteiger partial charge in [-0.2, -0.15) is 0 Å². The van der Waals surface area contributed by atoms with Gasteiger partial charge in [-0.1, -0.05) is 12.8 Å². The Kier molecular flexibility index (Phi) is 2.31. The maximum absolute atomic E-state index is 3.88. The maximum Gasteiger partial charge on any atom is 0.00700 e. The fourth-order valence-electron chi connectivity index (χ4n) is 3.50. The van der Waals surface area contributed by atoms with Crippen LogP contribution < -0.4 is 5.32 Å². The second kappa shape index (κ2) is 3.52. The summed E-state index contributed by atoms with van der Waals surface area (Å²) in [6.07, 6.45) is 14.9. The number of hydrogen-bond acceptors (Lipinski definition) is 1. The topological polar surface area (TPSA) is 12.0 Å². The van der Waals surface area contributed by atoms with E-state index in [0.717, 1.165) is 17.5 Å². The van der Waals surface area contributed by atoms with E-state index in [-0.39, 0.29) is 0 Å². The molecule has 0 radical (unpaired) electrons. The fraction of sp³-hybridized carbons (Fsp3) is 1.00. The van der Waals surface area contributed by atoms with Crippen molar-refractivity contribution in [2.45, 2.75) is 76.3 Å². The molecule has 0 aromatic heterocycles. The third-order valence-electron chi connectivity index (χ3n) is 4.83. The molecule has 0 bridgehead atoms. The summed E-state index contributed by atoms with van der Waals surface area (Å²) in [6, 6.07) is 1.76. The smallest absolute Gasteiger partial charge is 0.00700 e. The number of hydrogen-bond donors (Lipinski definition) is 1. The van der Waals surface area contributed by atoms with Gasteiger partial charge in [-0.3, -0.25) is 0 Å². The molecule has 1 spiro atoms. The molecule has 3 rings (SSSR count). The molecule has 0 aromatic rings. The van der Waals surface area contributed by atoms with E-state index >= 15 is 0 Å². The minimum atomic E-state index is 0.869. The lowest BCUT2D eigenvalue weighted by Gasteiger charge is -2.31. The van der Waals surface area contributed by atoms with Gasteiger partial charge in [-0.25, -0.2) is 0 Å². The van der Waals surface area contributed by atoms with E-state index in [9.17, 15) is 0 Å². The Morgan fingerprint density at radius 1 is 0.714 bits per heavy atom. The Morgan fingerprint density at radius 2 is 1.29 bits per heavy atom. The van der Waals surface area contributed by atoms with Crippen LogP contribution in [0.4, 0.5) is 0 Å². The Morgan fingerprint density at radius 3 is 1.86 bits per heavy atom. The van der Waals surface area contributed by atoms with Crippen molar-refractivity contribution < 1.29 is 0 Å². The monoisotopic (exact) mass is 193 g/mol. The van der Waals surface area contributed by atoms with Gasteiger partial charge >= 0.3 is 0 Å². The lowest BCUT2D eigenvalue weighted by atomic mass is 9.83. The highest BCUT2D eigenvalue weighted by Gasteiger charge is 2.44. The SMILES string of the molecule is C1CCC(NC2CCC3(CC2)CC3)C1. The summed E-state index contributed by atoms with van der Waals surface area (Å²) < 4.78 is 0. The summed E-state index contributed by atoms with van der Waals surface area (Å²) in [5, 5.41) is 3.88. The van der Waals surface area contributed by atoms with E-state index in [1.54, 1.807) is 12.8 Å². The standard InChI is InChI=1S/C13H23N/c1-2-4-11(3-1)14-12-5-7-13(8-6-12)9-10-13/h11-12,14H,1-10H2. The average Bonchev–Trinajstić information content (AvgIpc) is 2.77. The Labute approximate surface area is 87.7 Å². The minimum absolute atomic E-state index is 0.869. The van der Waals surface area contributed by atoms with Crippen LogP contribution in [-0.2, 0) is 0 Å². The van der Waals surface area contributed by atoms with Crippen molar-refractivity contribution in [1.29, 1.82) is 0 Å². The van der Waals surface area contributed by atoms with Crippen LogP contribution in [-0.4, -0.2) is 12.1 Å². The normalized spacial score (nSPS) is 32.6. The van der Waals surface area contributed by atoms with Crippen molar-refractivity contribution in [2.24, 2.45) is 5.41 Å². The molecule has 14 heavy (non-hydrogen) atoms. The molecule has 0 unspecified atom stereocenters. The summed E-state index contributed by atoms with van der Waals surface area (Å²) in [5.41, 5.74) is 0.869. The highest BCUT2D eigenvalue weighted by atomic mass is 15.0. The molecule has 1 N–H and O–H groups in total. The van der Waals surface area contributed by atoms with Crippen LogP contribution in [0.25, 0.3) is 0 Å². The Balaban J connectivity index is 1.45. The molecule has 0 amide bonds. The van der Waals surface area contributed by atoms with Crippen LogP contribution in [0.2, 0.25) is 0 Å². The summed E-state index contributed by atoms with van der Waals surface area (Å²) in [7, 11) is 0.